The lowest BCUT2D eigenvalue weighted by Crippen LogP contribution is -2.49. The molecular formula is C22H41N5O7. The van der Waals surface area contributed by atoms with Crippen LogP contribution in [-0.2, 0) is 19.2 Å². The summed E-state index contributed by atoms with van der Waals surface area (Å²) >= 11 is 0. The fourth-order valence-electron chi connectivity index (χ4n) is 3.82. The monoisotopic (exact) mass is 487 g/mol. The molecular weight excluding hydrogens is 446 g/mol. The normalized spacial score (nSPS) is 18.0. The second-order valence-corrected chi connectivity index (χ2v) is 8.70. The van der Waals surface area contributed by atoms with E-state index in [2.05, 4.69) is 12.2 Å². The summed E-state index contributed by atoms with van der Waals surface area (Å²) in [4.78, 5) is 53.4. The van der Waals surface area contributed by atoms with Gasteiger partial charge >= 0.3 is 17.9 Å². The molecule has 34 heavy (non-hydrogen) atoms. The smallest absolute Gasteiger partial charge is 0.317 e. The third-order valence-electron chi connectivity index (χ3n) is 5.73. The molecule has 0 unspecified atom stereocenters. The minimum atomic E-state index is -0.992. The lowest BCUT2D eigenvalue weighted by Gasteiger charge is -2.32. The number of nitrogens with zero attached hydrogens (tertiary/aromatic N) is 4. The summed E-state index contributed by atoms with van der Waals surface area (Å²) in [6, 6.07) is 0. The molecule has 4 N–H and O–H groups in total. The number of unbranched alkanes of at least 4 members (excludes halogenated alkanes) is 3. The van der Waals surface area contributed by atoms with Crippen LogP contribution < -0.4 is 5.32 Å². The highest BCUT2D eigenvalue weighted by Gasteiger charge is 2.21. The van der Waals surface area contributed by atoms with Crippen LogP contribution in [0.15, 0.2) is 0 Å². The SMILES string of the molecule is CCCCCCNC(=O)CN1CCN(CC(=O)O)CCN(CC(=O)O)CCN(CC(=O)O)CC1. The Morgan fingerprint density at radius 1 is 0.588 bits per heavy atom. The minimum Gasteiger partial charge on any atom is -0.480 e. The van der Waals surface area contributed by atoms with Gasteiger partial charge in [-0.05, 0) is 6.42 Å². The molecule has 1 aliphatic rings. The molecule has 1 aliphatic heterocycles. The van der Waals surface area contributed by atoms with Gasteiger partial charge in [0.05, 0.1) is 26.2 Å². The number of carbonyl (C=O) groups is 4. The standard InChI is InChI=1S/C22H41N5O7/c1-2-3-4-5-6-23-19(28)15-24-7-9-25(16-20(29)30)11-13-27(18-22(33)34)14-12-26(10-8-24)17-21(31)32/h2-18H2,1H3,(H,23,28)(H,29,30)(H,31,32)(H,33,34). The summed E-state index contributed by atoms with van der Waals surface area (Å²) in [5.41, 5.74) is 0. The maximum atomic E-state index is 12.5. The summed E-state index contributed by atoms with van der Waals surface area (Å²) in [5.74, 6) is -3.04. The molecule has 1 fully saturated rings. The number of carbonyl (C=O) groups excluding carboxylic acids is 1. The predicted molar refractivity (Wildman–Crippen MR) is 126 cm³/mol. The van der Waals surface area contributed by atoms with Gasteiger partial charge in [-0.25, -0.2) is 0 Å². The van der Waals surface area contributed by atoms with Crippen molar-refractivity contribution in [1.82, 2.24) is 24.9 Å². The van der Waals surface area contributed by atoms with Crippen LogP contribution in [0.5, 0.6) is 0 Å². The Bertz CT molecular complexity index is 617. The lowest BCUT2D eigenvalue weighted by atomic mass is 10.2. The first kappa shape index (κ1) is 29.8. The first-order valence-corrected chi connectivity index (χ1v) is 12.0. The molecule has 0 atom stereocenters. The zero-order chi connectivity index (χ0) is 25.3. The maximum Gasteiger partial charge on any atom is 0.317 e. The Kier molecular flexibility index (Phi) is 15.0. The predicted octanol–water partition coefficient (Wildman–Crippen LogP) is -0.842. The molecule has 0 aromatic carbocycles. The van der Waals surface area contributed by atoms with Crippen LogP contribution in [0.3, 0.4) is 0 Å². The highest BCUT2D eigenvalue weighted by Crippen LogP contribution is 2.02. The third-order valence-corrected chi connectivity index (χ3v) is 5.73. The Morgan fingerprint density at radius 2 is 0.941 bits per heavy atom. The van der Waals surface area contributed by atoms with E-state index in [4.69, 9.17) is 0 Å². The van der Waals surface area contributed by atoms with Crippen molar-refractivity contribution in [1.29, 1.82) is 0 Å². The topological polar surface area (TPSA) is 154 Å². The number of amides is 1. The first-order chi connectivity index (χ1) is 16.2. The van der Waals surface area contributed by atoms with Gasteiger partial charge in [-0.15, -0.1) is 0 Å². The summed E-state index contributed by atoms with van der Waals surface area (Å²) in [6.45, 7) is 5.42. The van der Waals surface area contributed by atoms with Crippen LogP contribution >= 0.6 is 0 Å². The Labute approximate surface area is 201 Å². The van der Waals surface area contributed by atoms with E-state index in [0.29, 0.717) is 58.9 Å². The molecule has 0 aromatic rings. The summed E-state index contributed by atoms with van der Waals surface area (Å²) in [7, 11) is 0. The van der Waals surface area contributed by atoms with Gasteiger partial charge in [-0.2, -0.15) is 0 Å². The lowest BCUT2D eigenvalue weighted by molar-refractivity contribution is -0.140. The van der Waals surface area contributed by atoms with E-state index in [0.717, 1.165) is 25.7 Å². The zero-order valence-electron chi connectivity index (χ0n) is 20.3. The number of aliphatic carboxylic acids is 3. The first-order valence-electron chi connectivity index (χ1n) is 12.0. The van der Waals surface area contributed by atoms with Gasteiger partial charge in [-0.3, -0.25) is 38.8 Å². The highest BCUT2D eigenvalue weighted by molar-refractivity contribution is 5.78. The van der Waals surface area contributed by atoms with Gasteiger partial charge in [-0.1, -0.05) is 26.2 Å². The van der Waals surface area contributed by atoms with E-state index in [1.807, 2.05) is 4.90 Å². The van der Waals surface area contributed by atoms with Crippen molar-refractivity contribution in [3.63, 3.8) is 0 Å². The Morgan fingerprint density at radius 3 is 1.26 bits per heavy atom. The number of carboxylic acid groups (broad SMARTS) is 3. The van der Waals surface area contributed by atoms with Gasteiger partial charge < -0.3 is 20.6 Å². The summed E-state index contributed by atoms with van der Waals surface area (Å²) < 4.78 is 0. The van der Waals surface area contributed by atoms with Crippen molar-refractivity contribution in [2.24, 2.45) is 0 Å². The van der Waals surface area contributed by atoms with Crippen molar-refractivity contribution in [2.45, 2.75) is 32.6 Å². The number of carboxylic acids is 3. The molecule has 196 valence electrons. The molecule has 0 spiro atoms. The van der Waals surface area contributed by atoms with Crippen LogP contribution in [-0.4, -0.2) is 144 Å². The zero-order valence-corrected chi connectivity index (χ0v) is 20.3. The fourth-order valence-corrected chi connectivity index (χ4v) is 3.82. The van der Waals surface area contributed by atoms with Gasteiger partial charge in [0.15, 0.2) is 0 Å². The van der Waals surface area contributed by atoms with E-state index in [1.54, 1.807) is 14.7 Å². The van der Waals surface area contributed by atoms with E-state index < -0.39 is 17.9 Å². The average molecular weight is 488 g/mol. The minimum absolute atomic E-state index is 0.106. The van der Waals surface area contributed by atoms with E-state index in [9.17, 15) is 34.5 Å². The van der Waals surface area contributed by atoms with Crippen molar-refractivity contribution in [3.05, 3.63) is 0 Å². The van der Waals surface area contributed by atoms with Crippen LogP contribution in [0.4, 0.5) is 0 Å². The fraction of sp³-hybridized carbons (Fsp3) is 0.818. The van der Waals surface area contributed by atoms with Crippen molar-refractivity contribution < 1.29 is 34.5 Å². The molecule has 0 saturated carbocycles. The second kappa shape index (κ2) is 17.2. The molecule has 0 radical (unpaired) electrons. The Hall–Kier alpha value is -2.28. The molecule has 12 nitrogen and oxygen atoms in total. The van der Waals surface area contributed by atoms with Crippen molar-refractivity contribution >= 4 is 23.8 Å². The molecule has 1 amide bonds. The van der Waals surface area contributed by atoms with Crippen LogP contribution in [0, 0.1) is 0 Å². The van der Waals surface area contributed by atoms with Crippen molar-refractivity contribution in [2.75, 3.05) is 85.1 Å². The molecule has 1 rings (SSSR count). The third kappa shape index (κ3) is 14.8. The van der Waals surface area contributed by atoms with Gasteiger partial charge in [0.2, 0.25) is 5.91 Å². The van der Waals surface area contributed by atoms with Crippen LogP contribution in [0.2, 0.25) is 0 Å². The average Bonchev–Trinajstić information content (AvgIpc) is 2.74. The van der Waals surface area contributed by atoms with E-state index >= 15 is 0 Å². The largest absolute Gasteiger partial charge is 0.480 e. The molecule has 0 aromatic heterocycles. The van der Waals surface area contributed by atoms with Gasteiger partial charge in [0.25, 0.3) is 0 Å². The maximum absolute atomic E-state index is 12.5. The number of nitrogens with one attached hydrogen (secondary N) is 1. The number of hydrogen-bond acceptors (Lipinski definition) is 8. The number of hydrogen-bond donors (Lipinski definition) is 4. The second-order valence-electron chi connectivity index (χ2n) is 8.70. The van der Waals surface area contributed by atoms with Crippen molar-refractivity contribution in [3.8, 4) is 0 Å². The van der Waals surface area contributed by atoms with Crippen LogP contribution in [0.25, 0.3) is 0 Å². The number of rotatable bonds is 13. The summed E-state index contributed by atoms with van der Waals surface area (Å²) in [6.07, 6.45) is 4.24. The quantitative estimate of drug-likeness (QED) is 0.240. The molecule has 12 heteroatoms. The van der Waals surface area contributed by atoms with Gasteiger partial charge in [0.1, 0.15) is 0 Å². The van der Waals surface area contributed by atoms with Crippen LogP contribution in [0.1, 0.15) is 32.6 Å². The molecule has 0 bridgehead atoms. The van der Waals surface area contributed by atoms with Gasteiger partial charge in [0, 0.05) is 58.9 Å². The van der Waals surface area contributed by atoms with E-state index in [1.165, 1.54) is 0 Å². The summed E-state index contributed by atoms with van der Waals surface area (Å²) in [5, 5.41) is 30.7. The molecule has 1 saturated heterocycles. The van der Waals surface area contributed by atoms with E-state index in [-0.39, 0.29) is 32.1 Å². The highest BCUT2D eigenvalue weighted by atomic mass is 16.4. The molecule has 1 heterocycles. The molecule has 0 aliphatic carbocycles. The Balaban J connectivity index is 2.82.